The fourth-order valence-corrected chi connectivity index (χ4v) is 2.32. The molecule has 0 aliphatic carbocycles. The van der Waals surface area contributed by atoms with Gasteiger partial charge in [0.15, 0.2) is 0 Å². The van der Waals surface area contributed by atoms with E-state index in [1.807, 2.05) is 49.4 Å². The van der Waals surface area contributed by atoms with Crippen LogP contribution in [0.3, 0.4) is 0 Å². The van der Waals surface area contributed by atoms with Crippen molar-refractivity contribution in [1.29, 1.82) is 0 Å². The molecule has 2 aromatic carbocycles. The highest BCUT2D eigenvalue weighted by Crippen LogP contribution is 2.25. The number of nitrogens with one attached hydrogen (secondary N) is 1. The maximum Gasteiger partial charge on any atom is 0.466 e. The smallest absolute Gasteiger partial charge is 0.466 e. The molecule has 1 heterocycles. The lowest BCUT2D eigenvalue weighted by Gasteiger charge is -2.01. The number of ether oxygens (including phenoxy) is 1. The largest absolute Gasteiger partial charge is 0.494 e. The lowest BCUT2D eigenvalue weighted by atomic mass is 10.2. The summed E-state index contributed by atoms with van der Waals surface area (Å²) in [4.78, 5) is 40.2. The van der Waals surface area contributed by atoms with Crippen LogP contribution in [0.15, 0.2) is 42.5 Å². The van der Waals surface area contributed by atoms with Gasteiger partial charge in [0.1, 0.15) is 17.1 Å². The van der Waals surface area contributed by atoms with E-state index in [9.17, 15) is 9.90 Å². The van der Waals surface area contributed by atoms with Crippen LogP contribution in [0.1, 0.15) is 28.7 Å². The van der Waals surface area contributed by atoms with E-state index >= 15 is 0 Å². The molecule has 0 atom stereocenters. The van der Waals surface area contributed by atoms with E-state index in [0.29, 0.717) is 23.5 Å². The average molecular weight is 406 g/mol. The minimum absolute atomic E-state index is 0.194. The Bertz CT molecular complexity index is 1010. The van der Waals surface area contributed by atoms with Gasteiger partial charge in [0.25, 0.3) is 0 Å². The molecule has 0 saturated heterocycles. The second-order valence-electron chi connectivity index (χ2n) is 5.48. The van der Waals surface area contributed by atoms with Crippen molar-refractivity contribution in [2.75, 3.05) is 6.61 Å². The second-order valence-corrected chi connectivity index (χ2v) is 6.50. The molecule has 0 fully saturated rings. The van der Waals surface area contributed by atoms with E-state index in [4.69, 9.17) is 24.0 Å². The summed E-state index contributed by atoms with van der Waals surface area (Å²) in [5.41, 5.74) is 2.37. The zero-order valence-electron chi connectivity index (χ0n) is 14.8. The number of imidazole rings is 1. The number of hydrogen-bond acceptors (Lipinski definition) is 4. The quantitative estimate of drug-likeness (QED) is 0.406. The first-order valence-electron chi connectivity index (χ1n) is 8.08. The monoisotopic (exact) mass is 406 g/mol. The molecule has 0 saturated carbocycles. The first kappa shape index (κ1) is 21.3. The van der Waals surface area contributed by atoms with Crippen molar-refractivity contribution in [3.8, 4) is 5.75 Å². The van der Waals surface area contributed by atoms with Crippen molar-refractivity contribution in [2.24, 2.45) is 0 Å². The van der Waals surface area contributed by atoms with Gasteiger partial charge in [-0.05, 0) is 42.8 Å². The number of carboxylic acid groups (broad SMARTS) is 1. The summed E-state index contributed by atoms with van der Waals surface area (Å²) < 4.78 is 14.3. The molecule has 9 nitrogen and oxygen atoms in total. The fraction of sp³-hybridized carbons (Fsp3) is 0.111. The Morgan fingerprint density at radius 2 is 1.79 bits per heavy atom. The number of carbonyl (C=O) groups is 1. The van der Waals surface area contributed by atoms with Gasteiger partial charge >= 0.3 is 13.8 Å². The summed E-state index contributed by atoms with van der Waals surface area (Å²) in [6.07, 6.45) is 3.73. The van der Waals surface area contributed by atoms with Crippen LogP contribution in [0, 0.1) is 0 Å². The number of aromatic amines is 1. The Morgan fingerprint density at radius 1 is 1.14 bits per heavy atom. The molecule has 0 spiro atoms. The maximum atomic E-state index is 11.2. The molecule has 3 rings (SSSR count). The minimum Gasteiger partial charge on any atom is -0.494 e. The van der Waals surface area contributed by atoms with Crippen LogP contribution in [0.2, 0.25) is 0 Å². The summed E-state index contributed by atoms with van der Waals surface area (Å²) in [5, 5.41) is 9.19. The zero-order chi connectivity index (χ0) is 20.7. The van der Waals surface area contributed by atoms with Crippen molar-refractivity contribution in [2.45, 2.75) is 6.92 Å². The molecule has 28 heavy (non-hydrogen) atoms. The van der Waals surface area contributed by atoms with Crippen LogP contribution < -0.4 is 4.74 Å². The highest BCUT2D eigenvalue weighted by atomic mass is 31.2. The van der Waals surface area contributed by atoms with E-state index in [1.165, 1.54) is 0 Å². The normalized spacial score (nSPS) is 11.3. The predicted molar refractivity (Wildman–Crippen MR) is 104 cm³/mol. The fourth-order valence-electron chi connectivity index (χ4n) is 2.32. The van der Waals surface area contributed by atoms with Crippen molar-refractivity contribution in [3.05, 3.63) is 59.4 Å². The number of para-hydroxylation sites is 1. The van der Waals surface area contributed by atoms with Gasteiger partial charge in [-0.3, -0.25) is 0 Å². The third-order valence-electron chi connectivity index (χ3n) is 3.39. The van der Waals surface area contributed by atoms with Gasteiger partial charge in [0, 0.05) is 0 Å². The number of phosphoric acid groups is 1. The summed E-state index contributed by atoms with van der Waals surface area (Å²) in [6.45, 7) is 2.58. The van der Waals surface area contributed by atoms with Crippen molar-refractivity contribution < 1.29 is 33.9 Å². The summed E-state index contributed by atoms with van der Waals surface area (Å²) in [5.74, 6) is 0.464. The van der Waals surface area contributed by atoms with Crippen LogP contribution in [0.25, 0.3) is 23.2 Å². The van der Waals surface area contributed by atoms with Gasteiger partial charge < -0.3 is 29.5 Å². The summed E-state index contributed by atoms with van der Waals surface area (Å²) in [7, 11) is -4.64. The molecule has 0 aliphatic heterocycles. The number of hydrogen-bond donors (Lipinski definition) is 5. The average Bonchev–Trinajstić information content (AvgIpc) is 3.02. The van der Waals surface area contributed by atoms with E-state index in [-0.39, 0.29) is 5.56 Å². The van der Waals surface area contributed by atoms with E-state index in [1.54, 1.807) is 12.1 Å². The van der Waals surface area contributed by atoms with Gasteiger partial charge in [0.2, 0.25) is 0 Å². The van der Waals surface area contributed by atoms with Gasteiger partial charge in [-0.2, -0.15) is 0 Å². The molecule has 0 radical (unpaired) electrons. The second kappa shape index (κ2) is 9.29. The van der Waals surface area contributed by atoms with Crippen LogP contribution >= 0.6 is 7.82 Å². The lowest BCUT2D eigenvalue weighted by Crippen LogP contribution is -1.96. The number of aromatic nitrogens is 2. The third-order valence-corrected chi connectivity index (χ3v) is 3.39. The standard InChI is InChI=1S/C18H16N2O3.H3O4P/c1-2-23-13-9-6-12(7-10-13)8-11-16-19-15-5-3-4-14(18(21)22)17(15)20-16;1-5(2,3)4/h3-11H,2H2,1H3,(H,19,20)(H,21,22);(H3,1,2,3,4)/b11-8+;. The highest BCUT2D eigenvalue weighted by molar-refractivity contribution is 7.45. The molecule has 10 heteroatoms. The molecule has 148 valence electrons. The highest BCUT2D eigenvalue weighted by Gasteiger charge is 2.11. The Balaban J connectivity index is 0.000000500. The molecule has 3 aromatic rings. The van der Waals surface area contributed by atoms with E-state index in [0.717, 1.165) is 11.3 Å². The molecular formula is C18H19N2O7P. The van der Waals surface area contributed by atoms with Gasteiger partial charge in [-0.15, -0.1) is 0 Å². The zero-order valence-corrected chi connectivity index (χ0v) is 15.7. The Hall–Kier alpha value is -2.97. The lowest BCUT2D eigenvalue weighted by molar-refractivity contribution is 0.0698. The Labute approximate surface area is 160 Å². The van der Waals surface area contributed by atoms with Crippen molar-refractivity contribution >= 4 is 37.0 Å². The third kappa shape index (κ3) is 6.64. The number of H-pyrrole nitrogens is 1. The molecule has 0 amide bonds. The SMILES string of the molecule is CCOc1ccc(/C=C/c2nc3c(C(=O)O)cccc3[nH]2)cc1.O=P(O)(O)O. The molecule has 1 aromatic heterocycles. The Morgan fingerprint density at radius 3 is 2.36 bits per heavy atom. The van der Waals surface area contributed by atoms with E-state index in [2.05, 4.69) is 9.97 Å². The molecule has 0 aliphatic rings. The number of benzene rings is 2. The van der Waals surface area contributed by atoms with Gasteiger partial charge in [-0.1, -0.05) is 24.3 Å². The van der Waals surface area contributed by atoms with Crippen molar-refractivity contribution in [1.82, 2.24) is 9.97 Å². The number of carboxylic acids is 1. The van der Waals surface area contributed by atoms with Crippen LogP contribution in [-0.2, 0) is 4.57 Å². The molecule has 0 unspecified atom stereocenters. The number of fused-ring (bicyclic) bond motifs is 1. The molecular weight excluding hydrogens is 387 g/mol. The Kier molecular flexibility index (Phi) is 7.08. The minimum atomic E-state index is -4.64. The maximum absolute atomic E-state index is 11.2. The van der Waals surface area contributed by atoms with Crippen molar-refractivity contribution in [3.63, 3.8) is 0 Å². The number of rotatable bonds is 5. The van der Waals surface area contributed by atoms with Crippen LogP contribution in [-0.4, -0.2) is 42.3 Å². The van der Waals surface area contributed by atoms with E-state index < -0.39 is 13.8 Å². The van der Waals surface area contributed by atoms with Crippen LogP contribution in [0.5, 0.6) is 5.75 Å². The predicted octanol–water partition coefficient (Wildman–Crippen LogP) is 2.90. The first-order valence-corrected chi connectivity index (χ1v) is 9.65. The summed E-state index contributed by atoms with van der Waals surface area (Å²) >= 11 is 0. The molecule has 0 bridgehead atoms. The van der Waals surface area contributed by atoms with Gasteiger partial charge in [0.05, 0.1) is 17.7 Å². The van der Waals surface area contributed by atoms with Gasteiger partial charge in [-0.25, -0.2) is 14.3 Å². The molecule has 5 N–H and O–H groups in total. The summed E-state index contributed by atoms with van der Waals surface area (Å²) in [6, 6.07) is 12.8. The number of aromatic carboxylic acids is 1. The topological polar surface area (TPSA) is 153 Å². The first-order chi connectivity index (χ1) is 13.2. The number of nitrogens with zero attached hydrogens (tertiary/aromatic N) is 1. The van der Waals surface area contributed by atoms with Crippen LogP contribution in [0.4, 0.5) is 0 Å².